The largest absolute Gasteiger partial charge is 0.367 e. The van der Waals surface area contributed by atoms with Crippen LogP contribution >= 0.6 is 0 Å². The number of hydrogen-bond acceptors (Lipinski definition) is 4. The van der Waals surface area contributed by atoms with Crippen LogP contribution in [-0.4, -0.2) is 28.6 Å². The molecule has 1 N–H and O–H groups in total. The minimum absolute atomic E-state index is 0.607. The Morgan fingerprint density at radius 2 is 1.90 bits per heavy atom. The van der Waals surface area contributed by atoms with Gasteiger partial charge in [-0.3, -0.25) is 0 Å². The highest BCUT2D eigenvalue weighted by Crippen LogP contribution is 2.28. The Morgan fingerprint density at radius 3 is 2.67 bits per heavy atom. The van der Waals surface area contributed by atoms with E-state index >= 15 is 0 Å². The molecule has 2 aliphatic rings. The maximum atomic E-state index is 4.71. The summed E-state index contributed by atoms with van der Waals surface area (Å²) in [5.41, 5.74) is 0. The molecule has 116 valence electrons. The van der Waals surface area contributed by atoms with Crippen LogP contribution in [0.5, 0.6) is 0 Å². The third-order valence-corrected chi connectivity index (χ3v) is 4.92. The third-order valence-electron chi connectivity index (χ3n) is 4.92. The molecule has 2 heterocycles. The molecule has 0 spiro atoms. The molecule has 1 saturated carbocycles. The van der Waals surface area contributed by atoms with E-state index in [9.17, 15) is 0 Å². The van der Waals surface area contributed by atoms with Crippen molar-refractivity contribution < 1.29 is 0 Å². The highest BCUT2D eigenvalue weighted by atomic mass is 15.2. The van der Waals surface area contributed by atoms with Crippen molar-refractivity contribution in [3.8, 4) is 0 Å². The Kier molecular flexibility index (Phi) is 4.61. The average Bonchev–Trinajstić information content (AvgIpc) is 2.99. The van der Waals surface area contributed by atoms with Crippen LogP contribution in [0.15, 0.2) is 6.07 Å². The van der Waals surface area contributed by atoms with Gasteiger partial charge in [0, 0.05) is 24.7 Å². The molecule has 1 unspecified atom stereocenters. The van der Waals surface area contributed by atoms with Crippen LogP contribution in [0, 0.1) is 6.92 Å². The zero-order valence-electron chi connectivity index (χ0n) is 13.4. The van der Waals surface area contributed by atoms with Gasteiger partial charge in [0.15, 0.2) is 0 Å². The summed E-state index contributed by atoms with van der Waals surface area (Å²) in [6.07, 6.45) is 10.4. The fraction of sp³-hybridized carbons (Fsp3) is 0.765. The van der Waals surface area contributed by atoms with Crippen LogP contribution in [-0.2, 0) is 0 Å². The Morgan fingerprint density at radius 1 is 1.14 bits per heavy atom. The lowest BCUT2D eigenvalue weighted by molar-refractivity contribution is 0.446. The molecule has 2 fully saturated rings. The molecule has 1 aliphatic heterocycles. The van der Waals surface area contributed by atoms with Crippen molar-refractivity contribution in [1.29, 1.82) is 0 Å². The molecular formula is C17H28N4. The Labute approximate surface area is 128 Å². The van der Waals surface area contributed by atoms with Crippen LogP contribution in [0.25, 0.3) is 0 Å². The molecule has 0 aromatic carbocycles. The number of hydrogen-bond donors (Lipinski definition) is 1. The quantitative estimate of drug-likeness (QED) is 0.912. The summed E-state index contributed by atoms with van der Waals surface area (Å²) in [4.78, 5) is 11.8. The van der Waals surface area contributed by atoms with Gasteiger partial charge < -0.3 is 10.2 Å². The van der Waals surface area contributed by atoms with Gasteiger partial charge in [0.1, 0.15) is 17.5 Å². The zero-order valence-corrected chi connectivity index (χ0v) is 13.4. The van der Waals surface area contributed by atoms with E-state index in [4.69, 9.17) is 4.98 Å². The van der Waals surface area contributed by atoms with Crippen molar-refractivity contribution in [1.82, 2.24) is 9.97 Å². The molecule has 1 aliphatic carbocycles. The van der Waals surface area contributed by atoms with Crippen LogP contribution in [0.3, 0.4) is 0 Å². The fourth-order valence-electron chi connectivity index (χ4n) is 3.78. The molecule has 1 atom stereocenters. The van der Waals surface area contributed by atoms with Gasteiger partial charge in [-0.25, -0.2) is 9.97 Å². The second kappa shape index (κ2) is 6.63. The minimum atomic E-state index is 0.607. The molecule has 4 nitrogen and oxygen atoms in total. The summed E-state index contributed by atoms with van der Waals surface area (Å²) in [5.74, 6) is 3.02. The first-order valence-electron chi connectivity index (χ1n) is 8.65. The number of aryl methyl sites for hydroxylation is 1. The van der Waals surface area contributed by atoms with Gasteiger partial charge in [-0.15, -0.1) is 0 Å². The molecule has 1 aromatic heterocycles. The Bertz CT molecular complexity index is 468. The van der Waals surface area contributed by atoms with Crippen molar-refractivity contribution in [3.63, 3.8) is 0 Å². The lowest BCUT2D eigenvalue weighted by Gasteiger charge is -2.36. The van der Waals surface area contributed by atoms with Gasteiger partial charge in [0.2, 0.25) is 0 Å². The summed E-state index contributed by atoms with van der Waals surface area (Å²) >= 11 is 0. The Balaban J connectivity index is 1.79. The van der Waals surface area contributed by atoms with E-state index in [0.29, 0.717) is 12.1 Å². The van der Waals surface area contributed by atoms with Gasteiger partial charge in [0.05, 0.1) is 0 Å². The van der Waals surface area contributed by atoms with E-state index in [1.807, 2.05) is 6.92 Å². The van der Waals surface area contributed by atoms with Gasteiger partial charge in [0.25, 0.3) is 0 Å². The lowest BCUT2D eigenvalue weighted by atomic mass is 10.00. The zero-order chi connectivity index (χ0) is 14.7. The Hall–Kier alpha value is -1.32. The fourth-order valence-corrected chi connectivity index (χ4v) is 3.78. The number of nitrogens with zero attached hydrogens (tertiary/aromatic N) is 3. The van der Waals surface area contributed by atoms with Gasteiger partial charge in [-0.05, 0) is 45.4 Å². The van der Waals surface area contributed by atoms with Gasteiger partial charge in [-0.1, -0.05) is 19.8 Å². The minimum Gasteiger partial charge on any atom is -0.367 e. The number of piperidine rings is 1. The van der Waals surface area contributed by atoms with Crippen molar-refractivity contribution in [2.75, 3.05) is 16.8 Å². The van der Waals surface area contributed by atoms with E-state index in [0.717, 1.165) is 24.0 Å². The highest BCUT2D eigenvalue weighted by Gasteiger charge is 2.23. The van der Waals surface area contributed by atoms with E-state index in [1.165, 1.54) is 51.4 Å². The lowest BCUT2D eigenvalue weighted by Crippen LogP contribution is -2.39. The van der Waals surface area contributed by atoms with E-state index < -0.39 is 0 Å². The molecule has 21 heavy (non-hydrogen) atoms. The molecular weight excluding hydrogens is 260 g/mol. The highest BCUT2D eigenvalue weighted by molar-refractivity contribution is 5.51. The first-order chi connectivity index (χ1) is 10.3. The number of nitrogens with one attached hydrogen (secondary N) is 1. The van der Waals surface area contributed by atoms with Crippen molar-refractivity contribution in [2.24, 2.45) is 0 Å². The molecule has 1 saturated heterocycles. The summed E-state index contributed by atoms with van der Waals surface area (Å²) < 4.78 is 0. The summed E-state index contributed by atoms with van der Waals surface area (Å²) in [7, 11) is 0. The van der Waals surface area contributed by atoms with E-state index in [2.05, 4.69) is 28.2 Å². The first kappa shape index (κ1) is 14.6. The molecule has 4 heteroatoms. The molecule has 3 rings (SSSR count). The normalized spacial score (nSPS) is 23.5. The van der Waals surface area contributed by atoms with Crippen LogP contribution < -0.4 is 10.2 Å². The predicted octanol–water partition coefficient (Wildman–Crippen LogP) is 3.91. The van der Waals surface area contributed by atoms with Crippen LogP contribution in [0.4, 0.5) is 11.6 Å². The SMILES string of the molecule is CCC1CCCCN1c1cc(NC2CCCC2)nc(C)n1. The average molecular weight is 288 g/mol. The smallest absolute Gasteiger partial charge is 0.134 e. The van der Waals surface area contributed by atoms with Crippen molar-refractivity contribution in [3.05, 3.63) is 11.9 Å². The van der Waals surface area contributed by atoms with Crippen molar-refractivity contribution >= 4 is 11.6 Å². The molecule has 0 radical (unpaired) electrons. The third kappa shape index (κ3) is 3.47. The summed E-state index contributed by atoms with van der Waals surface area (Å²) in [6.45, 7) is 5.43. The number of rotatable bonds is 4. The number of anilines is 2. The second-order valence-corrected chi connectivity index (χ2v) is 6.54. The monoisotopic (exact) mass is 288 g/mol. The number of aromatic nitrogens is 2. The van der Waals surface area contributed by atoms with E-state index in [1.54, 1.807) is 0 Å². The maximum absolute atomic E-state index is 4.71. The summed E-state index contributed by atoms with van der Waals surface area (Å²) in [5, 5.41) is 3.62. The van der Waals surface area contributed by atoms with Crippen molar-refractivity contribution in [2.45, 2.75) is 77.3 Å². The topological polar surface area (TPSA) is 41.0 Å². The second-order valence-electron chi connectivity index (χ2n) is 6.54. The summed E-state index contributed by atoms with van der Waals surface area (Å²) in [6, 6.07) is 3.42. The van der Waals surface area contributed by atoms with Gasteiger partial charge >= 0.3 is 0 Å². The molecule has 0 bridgehead atoms. The van der Waals surface area contributed by atoms with Crippen LogP contribution in [0.2, 0.25) is 0 Å². The van der Waals surface area contributed by atoms with E-state index in [-0.39, 0.29) is 0 Å². The van der Waals surface area contributed by atoms with Gasteiger partial charge in [-0.2, -0.15) is 0 Å². The predicted molar refractivity (Wildman–Crippen MR) is 87.9 cm³/mol. The maximum Gasteiger partial charge on any atom is 0.134 e. The standard InChI is InChI=1S/C17H28N4/c1-3-15-10-6-7-11-21(15)17-12-16(18-13(2)19-17)20-14-8-4-5-9-14/h12,14-15H,3-11H2,1-2H3,(H,18,19,20). The van der Waals surface area contributed by atoms with Crippen LogP contribution in [0.1, 0.15) is 64.1 Å². The molecule has 1 aromatic rings. The molecule has 0 amide bonds. The first-order valence-corrected chi connectivity index (χ1v) is 8.65.